The van der Waals surface area contributed by atoms with Gasteiger partial charge in [0.25, 0.3) is 0 Å². The molecule has 2 rings (SSSR count). The van der Waals surface area contributed by atoms with Gasteiger partial charge in [-0.25, -0.2) is 0 Å². The van der Waals surface area contributed by atoms with E-state index in [0.717, 1.165) is 24.9 Å². The Hall–Kier alpha value is -1.15. The Morgan fingerprint density at radius 2 is 2.13 bits per heavy atom. The monoisotopic (exact) mass is 203 g/mol. The van der Waals surface area contributed by atoms with E-state index in [-0.39, 0.29) is 6.04 Å². The average Bonchev–Trinajstić information content (AvgIpc) is 2.66. The second kappa shape index (κ2) is 4.58. The summed E-state index contributed by atoms with van der Waals surface area (Å²) < 4.78 is 0. The average molecular weight is 203 g/mol. The molecule has 0 saturated carbocycles. The molecule has 0 N–H and O–H groups in total. The zero-order chi connectivity index (χ0) is 10.7. The number of carbonyl (C=O) groups is 1. The van der Waals surface area contributed by atoms with Crippen LogP contribution in [0, 0.1) is 0 Å². The van der Waals surface area contributed by atoms with Gasteiger partial charge in [-0.1, -0.05) is 30.3 Å². The highest BCUT2D eigenvalue weighted by molar-refractivity contribution is 5.86. The van der Waals surface area contributed by atoms with E-state index in [9.17, 15) is 4.79 Å². The van der Waals surface area contributed by atoms with Crippen LogP contribution in [-0.4, -0.2) is 30.3 Å². The van der Waals surface area contributed by atoms with Gasteiger partial charge in [-0.2, -0.15) is 0 Å². The lowest BCUT2D eigenvalue weighted by Gasteiger charge is -2.17. The molecule has 0 spiro atoms. The number of carbonyl (C=O) groups excluding carboxylic acids is 1. The van der Waals surface area contributed by atoms with E-state index in [1.54, 1.807) is 0 Å². The van der Waals surface area contributed by atoms with Gasteiger partial charge in [-0.3, -0.25) is 9.69 Å². The molecule has 1 aliphatic rings. The fraction of sp³-hybridized carbons (Fsp3) is 0.462. The summed E-state index contributed by atoms with van der Waals surface area (Å²) in [6, 6.07) is 10.2. The molecule has 1 aromatic rings. The third kappa shape index (κ3) is 2.45. The van der Waals surface area contributed by atoms with Crippen LogP contribution in [0.25, 0.3) is 0 Å². The van der Waals surface area contributed by atoms with Gasteiger partial charge in [0.1, 0.15) is 0 Å². The SMILES string of the molecule is CN1CCCC1C(=O)Cc1ccccc1. The van der Waals surface area contributed by atoms with Crippen molar-refractivity contribution in [2.24, 2.45) is 0 Å². The smallest absolute Gasteiger partial charge is 0.154 e. The van der Waals surface area contributed by atoms with Crippen LogP contribution >= 0.6 is 0 Å². The minimum Gasteiger partial charge on any atom is -0.298 e. The van der Waals surface area contributed by atoms with Crippen molar-refractivity contribution in [3.63, 3.8) is 0 Å². The first-order valence-corrected chi connectivity index (χ1v) is 5.54. The van der Waals surface area contributed by atoms with E-state index >= 15 is 0 Å². The summed E-state index contributed by atoms with van der Waals surface area (Å²) in [7, 11) is 2.04. The van der Waals surface area contributed by atoms with Crippen LogP contribution in [0.2, 0.25) is 0 Å². The van der Waals surface area contributed by atoms with E-state index in [0.29, 0.717) is 12.2 Å². The number of likely N-dealkylation sites (tertiary alicyclic amines) is 1. The highest BCUT2D eigenvalue weighted by atomic mass is 16.1. The van der Waals surface area contributed by atoms with Crippen molar-refractivity contribution >= 4 is 5.78 Å². The molecule has 2 nitrogen and oxygen atoms in total. The number of ketones is 1. The van der Waals surface area contributed by atoms with Crippen LogP contribution in [0.5, 0.6) is 0 Å². The lowest BCUT2D eigenvalue weighted by molar-refractivity contribution is -0.122. The molecule has 0 aliphatic carbocycles. The molecule has 0 bridgehead atoms. The van der Waals surface area contributed by atoms with Crippen molar-refractivity contribution in [1.82, 2.24) is 4.90 Å². The highest BCUT2D eigenvalue weighted by Crippen LogP contribution is 2.17. The summed E-state index contributed by atoms with van der Waals surface area (Å²) in [4.78, 5) is 14.2. The van der Waals surface area contributed by atoms with Crippen molar-refractivity contribution in [2.45, 2.75) is 25.3 Å². The van der Waals surface area contributed by atoms with Crippen molar-refractivity contribution in [2.75, 3.05) is 13.6 Å². The van der Waals surface area contributed by atoms with E-state index in [4.69, 9.17) is 0 Å². The van der Waals surface area contributed by atoms with Crippen LogP contribution in [0.3, 0.4) is 0 Å². The Kier molecular flexibility index (Phi) is 3.17. The summed E-state index contributed by atoms with van der Waals surface area (Å²) in [5.41, 5.74) is 1.13. The Morgan fingerprint density at radius 3 is 2.73 bits per heavy atom. The molecule has 1 aliphatic heterocycles. The number of hydrogen-bond donors (Lipinski definition) is 0. The molecule has 2 heteroatoms. The standard InChI is InChI=1S/C13H17NO/c1-14-9-5-8-12(14)13(15)10-11-6-3-2-4-7-11/h2-4,6-7,12H,5,8-10H2,1H3. The van der Waals surface area contributed by atoms with Crippen molar-refractivity contribution < 1.29 is 4.79 Å². The second-order valence-electron chi connectivity index (χ2n) is 4.27. The minimum absolute atomic E-state index is 0.158. The van der Waals surface area contributed by atoms with Crippen LogP contribution < -0.4 is 0 Å². The van der Waals surface area contributed by atoms with Gasteiger partial charge in [0.15, 0.2) is 5.78 Å². The van der Waals surface area contributed by atoms with Gasteiger partial charge in [0.05, 0.1) is 6.04 Å². The summed E-state index contributed by atoms with van der Waals surface area (Å²) in [5, 5.41) is 0. The molecule has 0 radical (unpaired) electrons. The van der Waals surface area contributed by atoms with Gasteiger partial charge >= 0.3 is 0 Å². The van der Waals surface area contributed by atoms with Crippen LogP contribution in [0.1, 0.15) is 18.4 Å². The highest BCUT2D eigenvalue weighted by Gasteiger charge is 2.27. The van der Waals surface area contributed by atoms with E-state index in [1.165, 1.54) is 0 Å². The molecule has 0 amide bonds. The van der Waals surface area contributed by atoms with Crippen LogP contribution in [-0.2, 0) is 11.2 Å². The largest absolute Gasteiger partial charge is 0.298 e. The molecule has 1 fully saturated rings. The third-order valence-corrected chi connectivity index (χ3v) is 3.11. The number of nitrogens with zero attached hydrogens (tertiary/aromatic N) is 1. The maximum atomic E-state index is 12.0. The predicted octanol–water partition coefficient (Wildman–Crippen LogP) is 1.89. The predicted molar refractivity (Wildman–Crippen MR) is 60.8 cm³/mol. The molecule has 1 unspecified atom stereocenters. The number of Topliss-reactive ketones (excluding diaryl/α,β-unsaturated/α-hetero) is 1. The second-order valence-corrected chi connectivity index (χ2v) is 4.27. The molecule has 80 valence electrons. The normalized spacial score (nSPS) is 21.8. The molecule has 1 heterocycles. The van der Waals surface area contributed by atoms with E-state index < -0.39 is 0 Å². The van der Waals surface area contributed by atoms with Gasteiger partial charge in [-0.15, -0.1) is 0 Å². The van der Waals surface area contributed by atoms with Gasteiger partial charge in [0, 0.05) is 6.42 Å². The minimum atomic E-state index is 0.158. The topological polar surface area (TPSA) is 20.3 Å². The quantitative estimate of drug-likeness (QED) is 0.747. The summed E-state index contributed by atoms with van der Waals surface area (Å²) in [5.74, 6) is 0.362. The van der Waals surface area contributed by atoms with Gasteiger partial charge in [0.2, 0.25) is 0 Å². The van der Waals surface area contributed by atoms with Crippen molar-refractivity contribution in [1.29, 1.82) is 0 Å². The molecule has 1 aromatic carbocycles. The fourth-order valence-corrected chi connectivity index (χ4v) is 2.23. The third-order valence-electron chi connectivity index (χ3n) is 3.11. The lowest BCUT2D eigenvalue weighted by atomic mass is 10.0. The Labute approximate surface area is 90.9 Å². The van der Waals surface area contributed by atoms with E-state index in [2.05, 4.69) is 4.90 Å². The first-order chi connectivity index (χ1) is 7.27. The number of hydrogen-bond acceptors (Lipinski definition) is 2. The zero-order valence-electron chi connectivity index (χ0n) is 9.15. The first kappa shape index (κ1) is 10.4. The number of benzene rings is 1. The van der Waals surface area contributed by atoms with Crippen molar-refractivity contribution in [3.05, 3.63) is 35.9 Å². The molecule has 15 heavy (non-hydrogen) atoms. The maximum absolute atomic E-state index is 12.0. The van der Waals surface area contributed by atoms with Crippen LogP contribution in [0.4, 0.5) is 0 Å². The molecule has 0 aromatic heterocycles. The molecule has 1 atom stereocenters. The Bertz CT molecular complexity index is 334. The number of likely N-dealkylation sites (N-methyl/N-ethyl adjacent to an activating group) is 1. The van der Waals surface area contributed by atoms with Gasteiger partial charge < -0.3 is 0 Å². The van der Waals surface area contributed by atoms with E-state index in [1.807, 2.05) is 37.4 Å². The number of rotatable bonds is 3. The lowest BCUT2D eigenvalue weighted by Crippen LogP contribution is -2.33. The van der Waals surface area contributed by atoms with Crippen molar-refractivity contribution in [3.8, 4) is 0 Å². The Morgan fingerprint density at radius 1 is 1.40 bits per heavy atom. The summed E-state index contributed by atoms with van der Waals surface area (Å²) in [6.07, 6.45) is 2.76. The zero-order valence-corrected chi connectivity index (χ0v) is 9.15. The maximum Gasteiger partial charge on any atom is 0.154 e. The van der Waals surface area contributed by atoms with Crippen LogP contribution in [0.15, 0.2) is 30.3 Å². The summed E-state index contributed by atoms with van der Waals surface area (Å²) >= 11 is 0. The molecular formula is C13H17NO. The fourth-order valence-electron chi connectivity index (χ4n) is 2.23. The first-order valence-electron chi connectivity index (χ1n) is 5.54. The molecule has 1 saturated heterocycles. The Balaban J connectivity index is 1.98. The van der Waals surface area contributed by atoms with Gasteiger partial charge in [-0.05, 0) is 32.0 Å². The summed E-state index contributed by atoms with van der Waals surface area (Å²) in [6.45, 7) is 1.06. The molecular weight excluding hydrogens is 186 g/mol.